The minimum Gasteiger partial charge on any atom is -0.481 e. The van der Waals surface area contributed by atoms with Gasteiger partial charge in [-0.15, -0.1) is 0 Å². The summed E-state index contributed by atoms with van der Waals surface area (Å²) in [5, 5.41) is 8.27. The van der Waals surface area contributed by atoms with Crippen LogP contribution in [-0.2, 0) is 17.1 Å². The highest BCUT2D eigenvalue weighted by Gasteiger charge is 2.38. The maximum absolute atomic E-state index is 13.2. The van der Waals surface area contributed by atoms with Gasteiger partial charge in [-0.05, 0) is 18.1 Å². The van der Waals surface area contributed by atoms with E-state index >= 15 is 0 Å². The summed E-state index contributed by atoms with van der Waals surface area (Å²) in [6.45, 7) is 5.73. The third kappa shape index (κ3) is 4.35. The number of nitrogens with zero attached hydrogens (tertiary/aromatic N) is 1. The molecule has 18 heavy (non-hydrogen) atoms. The number of halogens is 3. The zero-order valence-electron chi connectivity index (χ0n) is 10.5. The van der Waals surface area contributed by atoms with Crippen LogP contribution >= 0.6 is 0 Å². The van der Waals surface area contributed by atoms with E-state index in [1.807, 2.05) is 13.8 Å². The number of hydrogen-bond acceptors (Lipinski definition) is 2. The molecule has 0 spiro atoms. The Morgan fingerprint density at radius 1 is 1.44 bits per heavy atom. The van der Waals surface area contributed by atoms with Crippen LogP contribution in [0.4, 0.5) is 13.2 Å². The summed E-state index contributed by atoms with van der Waals surface area (Å²) in [7, 11) is 0. The largest absolute Gasteiger partial charge is 0.481 e. The van der Waals surface area contributed by atoms with E-state index in [9.17, 15) is 18.0 Å². The number of carboxylic acid groups (broad SMARTS) is 1. The maximum Gasteiger partial charge on any atom is 0.309 e. The Bertz CT molecular complexity index is 408. The van der Waals surface area contributed by atoms with Crippen LogP contribution in [0.3, 0.4) is 0 Å². The van der Waals surface area contributed by atoms with Crippen LogP contribution in [0.15, 0.2) is 12.3 Å². The Labute approximate surface area is 104 Å². The van der Waals surface area contributed by atoms with Crippen molar-refractivity contribution in [2.24, 2.45) is 0 Å². The summed E-state index contributed by atoms with van der Waals surface area (Å²) in [6.07, 6.45) is 0.116. The fraction of sp³-hybridized carbons (Fsp3) is 0.500. The fourth-order valence-electron chi connectivity index (χ4n) is 1.21. The first kappa shape index (κ1) is 16.4. The van der Waals surface area contributed by atoms with Gasteiger partial charge in [0.15, 0.2) is 5.82 Å². The molecule has 0 atom stereocenters. The lowest BCUT2D eigenvalue weighted by Gasteiger charge is -2.14. The number of aliphatic carboxylic acids is 1. The van der Waals surface area contributed by atoms with E-state index in [0.717, 1.165) is 12.3 Å². The van der Waals surface area contributed by atoms with Crippen LogP contribution in [0.1, 0.15) is 38.4 Å². The van der Waals surface area contributed by atoms with E-state index in [4.69, 9.17) is 5.11 Å². The third-order valence-corrected chi connectivity index (χ3v) is 2.03. The van der Waals surface area contributed by atoms with Crippen molar-refractivity contribution in [1.29, 1.82) is 0 Å². The van der Waals surface area contributed by atoms with Gasteiger partial charge in [0.2, 0.25) is 0 Å². The molecule has 102 valence electrons. The number of hydrogen-bond donors (Lipinski definition) is 1. The monoisotopic (exact) mass is 263 g/mol. The quantitative estimate of drug-likeness (QED) is 0.906. The lowest BCUT2D eigenvalue weighted by molar-refractivity contribution is -0.146. The molecule has 0 saturated heterocycles. The molecule has 1 N–H and O–H groups in total. The molecule has 3 nitrogen and oxygen atoms in total. The van der Waals surface area contributed by atoms with Crippen molar-refractivity contribution in [3.05, 3.63) is 29.3 Å². The zero-order valence-corrected chi connectivity index (χ0v) is 10.5. The molecule has 0 aliphatic rings. The third-order valence-electron chi connectivity index (χ3n) is 2.03. The molecule has 0 fully saturated rings. The van der Waals surface area contributed by atoms with Crippen molar-refractivity contribution < 1.29 is 23.1 Å². The Kier molecular flexibility index (Phi) is 6.36. The summed E-state index contributed by atoms with van der Waals surface area (Å²) in [4.78, 5) is 13.5. The Morgan fingerprint density at radius 2 is 2.00 bits per heavy atom. The van der Waals surface area contributed by atoms with Gasteiger partial charge >= 0.3 is 11.9 Å². The van der Waals surface area contributed by atoms with Crippen LogP contribution in [0.5, 0.6) is 0 Å². The number of aromatic nitrogens is 1. The van der Waals surface area contributed by atoms with Gasteiger partial charge in [0.1, 0.15) is 12.1 Å². The highest BCUT2D eigenvalue weighted by atomic mass is 19.3. The molecule has 6 heteroatoms. The van der Waals surface area contributed by atoms with Crippen molar-refractivity contribution >= 4 is 5.97 Å². The molecule has 0 amide bonds. The summed E-state index contributed by atoms with van der Waals surface area (Å²) >= 11 is 0. The van der Waals surface area contributed by atoms with Crippen LogP contribution < -0.4 is 0 Å². The van der Waals surface area contributed by atoms with Gasteiger partial charge in [-0.2, -0.15) is 8.78 Å². The van der Waals surface area contributed by atoms with Gasteiger partial charge in [0, 0.05) is 6.20 Å². The van der Waals surface area contributed by atoms with E-state index in [-0.39, 0.29) is 0 Å². The summed E-state index contributed by atoms with van der Waals surface area (Å²) in [5.41, 5.74) is -0.639. The van der Waals surface area contributed by atoms with Gasteiger partial charge in [-0.3, -0.25) is 9.78 Å². The first-order chi connectivity index (χ1) is 8.36. The predicted octanol–water partition coefficient (Wildman–Crippen LogP) is 3.38. The standard InChI is InChI=1S/C10H10F3NO2.C2H6/c1-2-6-3-7(11)9(14-5-6)10(12,13)4-8(15)16;1-2/h3,5H,2,4H2,1H3,(H,15,16);1-2H3. The molecule has 0 aliphatic carbocycles. The number of pyridine rings is 1. The second-order valence-corrected chi connectivity index (χ2v) is 3.30. The lowest BCUT2D eigenvalue weighted by atomic mass is 10.1. The minimum absolute atomic E-state index is 0.467. The topological polar surface area (TPSA) is 50.2 Å². The van der Waals surface area contributed by atoms with E-state index < -0.39 is 29.8 Å². The van der Waals surface area contributed by atoms with Crippen LogP contribution in [-0.4, -0.2) is 16.1 Å². The van der Waals surface area contributed by atoms with Crippen molar-refractivity contribution in [2.45, 2.75) is 39.5 Å². The van der Waals surface area contributed by atoms with E-state index in [1.165, 1.54) is 0 Å². The first-order valence-electron chi connectivity index (χ1n) is 5.61. The van der Waals surface area contributed by atoms with Crippen molar-refractivity contribution in [1.82, 2.24) is 4.98 Å². The molecule has 1 aromatic heterocycles. The molecule has 0 radical (unpaired) electrons. The molecule has 1 heterocycles. The minimum atomic E-state index is -3.79. The van der Waals surface area contributed by atoms with Crippen LogP contribution in [0, 0.1) is 5.82 Å². The molecule has 0 unspecified atom stereocenters. The molecule has 1 aromatic rings. The highest BCUT2D eigenvalue weighted by Crippen LogP contribution is 2.32. The molecular weight excluding hydrogens is 247 g/mol. The average Bonchev–Trinajstić information content (AvgIpc) is 2.29. The molecule has 1 rings (SSSR count). The molecular formula is C12H16F3NO2. The number of aryl methyl sites for hydroxylation is 1. The first-order valence-corrected chi connectivity index (χ1v) is 5.61. The number of carboxylic acids is 1. The van der Waals surface area contributed by atoms with Crippen molar-refractivity contribution in [2.75, 3.05) is 0 Å². The normalized spacial score (nSPS) is 10.6. The summed E-state index contributed by atoms with van der Waals surface area (Å²) < 4.78 is 39.7. The maximum atomic E-state index is 13.2. The number of rotatable bonds is 4. The fourth-order valence-corrected chi connectivity index (χ4v) is 1.21. The molecule has 0 bridgehead atoms. The average molecular weight is 263 g/mol. The number of carbonyl (C=O) groups is 1. The van der Waals surface area contributed by atoms with E-state index in [0.29, 0.717) is 12.0 Å². The van der Waals surface area contributed by atoms with Gasteiger partial charge in [0.05, 0.1) is 0 Å². The van der Waals surface area contributed by atoms with Gasteiger partial charge in [-0.1, -0.05) is 20.8 Å². The highest BCUT2D eigenvalue weighted by molar-refractivity contribution is 5.68. The lowest BCUT2D eigenvalue weighted by Crippen LogP contribution is -2.21. The van der Waals surface area contributed by atoms with E-state index in [1.54, 1.807) is 6.92 Å². The Balaban J connectivity index is 0.00000137. The van der Waals surface area contributed by atoms with Crippen LogP contribution in [0.25, 0.3) is 0 Å². The second kappa shape index (κ2) is 6.98. The SMILES string of the molecule is CC.CCc1cnc(C(F)(F)CC(=O)O)c(F)c1. The smallest absolute Gasteiger partial charge is 0.309 e. The Hall–Kier alpha value is -1.59. The molecule has 0 aromatic carbocycles. The Morgan fingerprint density at radius 3 is 2.39 bits per heavy atom. The van der Waals surface area contributed by atoms with Gasteiger partial charge in [0.25, 0.3) is 0 Å². The summed E-state index contributed by atoms with van der Waals surface area (Å²) in [5.74, 6) is -6.67. The van der Waals surface area contributed by atoms with Gasteiger partial charge in [-0.25, -0.2) is 4.39 Å². The van der Waals surface area contributed by atoms with Gasteiger partial charge < -0.3 is 5.11 Å². The van der Waals surface area contributed by atoms with Crippen molar-refractivity contribution in [3.63, 3.8) is 0 Å². The molecule has 0 aliphatic heterocycles. The predicted molar refractivity (Wildman–Crippen MR) is 61.1 cm³/mol. The number of alkyl halides is 2. The van der Waals surface area contributed by atoms with Crippen molar-refractivity contribution in [3.8, 4) is 0 Å². The second-order valence-electron chi connectivity index (χ2n) is 3.30. The molecule has 0 saturated carbocycles. The van der Waals surface area contributed by atoms with Crippen LogP contribution in [0.2, 0.25) is 0 Å². The zero-order chi connectivity index (χ0) is 14.3. The summed E-state index contributed by atoms with van der Waals surface area (Å²) in [6, 6.07) is 0.943. The van der Waals surface area contributed by atoms with E-state index in [2.05, 4.69) is 4.98 Å².